The highest BCUT2D eigenvalue weighted by Gasteiger charge is 2.39. The normalized spacial score (nSPS) is 23.2. The topological polar surface area (TPSA) is 69.7 Å². The lowest BCUT2D eigenvalue weighted by molar-refractivity contribution is -0.160. The Kier molecular flexibility index (Phi) is 1.89. The second kappa shape index (κ2) is 2.69. The molecule has 1 atom stereocenters. The molecule has 60 valence electrons. The van der Waals surface area contributed by atoms with Crippen molar-refractivity contribution in [2.45, 2.75) is 12.5 Å². The molecule has 0 saturated carbocycles. The van der Waals surface area contributed by atoms with Gasteiger partial charge in [0, 0.05) is 0 Å². The van der Waals surface area contributed by atoms with Crippen LogP contribution >= 0.6 is 0 Å². The van der Waals surface area contributed by atoms with E-state index in [0.717, 1.165) is 7.11 Å². The number of esters is 2. The number of carbonyl (C=O) groups is 3. The van der Waals surface area contributed by atoms with Crippen LogP contribution in [-0.4, -0.2) is 30.9 Å². The average molecular weight is 158 g/mol. The van der Waals surface area contributed by atoms with E-state index >= 15 is 0 Å². The standard InChI is InChI=1S/C6H6O5/c1-10-6(9)5-3(7)2-4(8)11-5/h5H,2H2,1H3. The van der Waals surface area contributed by atoms with Gasteiger partial charge in [0.1, 0.15) is 6.42 Å². The van der Waals surface area contributed by atoms with Crippen LogP contribution in [-0.2, 0) is 23.9 Å². The Morgan fingerprint density at radius 1 is 1.64 bits per heavy atom. The van der Waals surface area contributed by atoms with E-state index in [4.69, 9.17) is 0 Å². The van der Waals surface area contributed by atoms with Crippen LogP contribution in [0.1, 0.15) is 6.42 Å². The summed E-state index contributed by atoms with van der Waals surface area (Å²) in [5, 5.41) is 0. The number of methoxy groups -OCH3 is 1. The molecular formula is C6H6O5. The highest BCUT2D eigenvalue weighted by atomic mass is 16.6. The van der Waals surface area contributed by atoms with Crippen LogP contribution in [0.5, 0.6) is 0 Å². The molecule has 0 aromatic rings. The van der Waals surface area contributed by atoms with Gasteiger partial charge in [0.05, 0.1) is 7.11 Å². The molecule has 1 unspecified atom stereocenters. The maximum Gasteiger partial charge on any atom is 0.355 e. The summed E-state index contributed by atoms with van der Waals surface area (Å²) >= 11 is 0. The van der Waals surface area contributed by atoms with Crippen LogP contribution in [0, 0.1) is 0 Å². The molecule has 1 saturated heterocycles. The van der Waals surface area contributed by atoms with Gasteiger partial charge in [0.15, 0.2) is 5.78 Å². The van der Waals surface area contributed by atoms with Gasteiger partial charge in [-0.25, -0.2) is 4.79 Å². The van der Waals surface area contributed by atoms with E-state index in [-0.39, 0.29) is 6.42 Å². The fraction of sp³-hybridized carbons (Fsp3) is 0.500. The summed E-state index contributed by atoms with van der Waals surface area (Å²) in [4.78, 5) is 31.8. The van der Waals surface area contributed by atoms with Gasteiger partial charge in [-0.15, -0.1) is 0 Å². The molecule has 1 fully saturated rings. The summed E-state index contributed by atoms with van der Waals surface area (Å²) in [6.07, 6.45) is -1.66. The third-order valence-electron chi connectivity index (χ3n) is 1.28. The number of Topliss-reactive ketones (excluding diaryl/α,β-unsaturated/α-hetero) is 1. The fourth-order valence-electron chi connectivity index (χ4n) is 0.760. The molecule has 0 aromatic carbocycles. The lowest BCUT2D eigenvalue weighted by atomic mass is 10.2. The lowest BCUT2D eigenvalue weighted by Gasteiger charge is -2.02. The molecule has 1 rings (SSSR count). The first-order chi connectivity index (χ1) is 5.15. The summed E-state index contributed by atoms with van der Waals surface area (Å²) < 4.78 is 8.58. The van der Waals surface area contributed by atoms with Gasteiger partial charge in [0.25, 0.3) is 6.10 Å². The van der Waals surface area contributed by atoms with Gasteiger partial charge in [-0.3, -0.25) is 9.59 Å². The summed E-state index contributed by atoms with van der Waals surface area (Å²) in [6, 6.07) is 0. The minimum atomic E-state index is -1.33. The largest absolute Gasteiger partial charge is 0.466 e. The van der Waals surface area contributed by atoms with Crippen LogP contribution in [0.4, 0.5) is 0 Å². The molecule has 0 amide bonds. The number of hydrogen-bond acceptors (Lipinski definition) is 5. The van der Waals surface area contributed by atoms with Crippen molar-refractivity contribution in [3.05, 3.63) is 0 Å². The number of rotatable bonds is 1. The summed E-state index contributed by atoms with van der Waals surface area (Å²) in [7, 11) is 1.13. The maximum absolute atomic E-state index is 10.7. The number of ketones is 1. The monoisotopic (exact) mass is 158 g/mol. The first-order valence-electron chi connectivity index (χ1n) is 2.95. The van der Waals surface area contributed by atoms with E-state index in [9.17, 15) is 14.4 Å². The number of cyclic esters (lactones) is 1. The van der Waals surface area contributed by atoms with Gasteiger partial charge in [0.2, 0.25) is 0 Å². The van der Waals surface area contributed by atoms with E-state index < -0.39 is 23.8 Å². The van der Waals surface area contributed by atoms with E-state index in [0.29, 0.717) is 0 Å². The summed E-state index contributed by atoms with van der Waals surface area (Å²) in [6.45, 7) is 0. The van der Waals surface area contributed by atoms with Gasteiger partial charge < -0.3 is 9.47 Å². The molecule has 0 bridgehead atoms. The molecule has 5 heteroatoms. The van der Waals surface area contributed by atoms with Crippen LogP contribution in [0.15, 0.2) is 0 Å². The van der Waals surface area contributed by atoms with E-state index in [1.165, 1.54) is 0 Å². The van der Waals surface area contributed by atoms with Gasteiger partial charge in [-0.2, -0.15) is 0 Å². The molecule has 0 aliphatic carbocycles. The Labute approximate surface area is 62.3 Å². The van der Waals surface area contributed by atoms with Crippen LogP contribution in [0.3, 0.4) is 0 Å². The second-order valence-corrected chi connectivity index (χ2v) is 2.04. The Bertz CT molecular complexity index is 219. The number of hydrogen-bond donors (Lipinski definition) is 0. The third kappa shape index (κ3) is 1.36. The van der Waals surface area contributed by atoms with E-state index in [2.05, 4.69) is 9.47 Å². The summed E-state index contributed by atoms with van der Waals surface area (Å²) in [5.74, 6) is -2.03. The molecule has 0 spiro atoms. The van der Waals surface area contributed by atoms with Crippen molar-refractivity contribution < 1.29 is 23.9 Å². The Hall–Kier alpha value is -1.39. The first-order valence-corrected chi connectivity index (χ1v) is 2.95. The Morgan fingerprint density at radius 3 is 2.64 bits per heavy atom. The molecule has 11 heavy (non-hydrogen) atoms. The van der Waals surface area contributed by atoms with Crippen molar-refractivity contribution in [1.29, 1.82) is 0 Å². The van der Waals surface area contributed by atoms with Crippen molar-refractivity contribution in [3.63, 3.8) is 0 Å². The maximum atomic E-state index is 10.7. The van der Waals surface area contributed by atoms with Gasteiger partial charge in [-0.05, 0) is 0 Å². The number of carbonyl (C=O) groups excluding carboxylic acids is 3. The SMILES string of the molecule is COC(=O)C1OC(=O)CC1=O. The third-order valence-corrected chi connectivity index (χ3v) is 1.28. The summed E-state index contributed by atoms with van der Waals surface area (Å²) in [5.41, 5.74) is 0. The van der Waals surface area contributed by atoms with Crippen LogP contribution in [0.25, 0.3) is 0 Å². The lowest BCUT2D eigenvalue weighted by Crippen LogP contribution is -2.27. The van der Waals surface area contributed by atoms with Crippen molar-refractivity contribution >= 4 is 17.7 Å². The molecule has 0 N–H and O–H groups in total. The van der Waals surface area contributed by atoms with Gasteiger partial charge >= 0.3 is 11.9 Å². The first kappa shape index (κ1) is 7.71. The van der Waals surface area contributed by atoms with Crippen LogP contribution in [0.2, 0.25) is 0 Å². The molecule has 1 aliphatic rings. The van der Waals surface area contributed by atoms with Crippen molar-refractivity contribution in [3.8, 4) is 0 Å². The van der Waals surface area contributed by atoms with Crippen molar-refractivity contribution in [1.82, 2.24) is 0 Å². The minimum Gasteiger partial charge on any atom is -0.466 e. The van der Waals surface area contributed by atoms with Crippen molar-refractivity contribution in [2.75, 3.05) is 7.11 Å². The van der Waals surface area contributed by atoms with Crippen molar-refractivity contribution in [2.24, 2.45) is 0 Å². The highest BCUT2D eigenvalue weighted by molar-refractivity contribution is 6.13. The molecular weight excluding hydrogens is 152 g/mol. The zero-order valence-corrected chi connectivity index (χ0v) is 5.83. The quantitative estimate of drug-likeness (QED) is 0.363. The Balaban J connectivity index is 2.67. The van der Waals surface area contributed by atoms with E-state index in [1.807, 2.05) is 0 Å². The second-order valence-electron chi connectivity index (χ2n) is 2.04. The Morgan fingerprint density at radius 2 is 2.27 bits per heavy atom. The number of ether oxygens (including phenoxy) is 2. The van der Waals surface area contributed by atoms with E-state index in [1.54, 1.807) is 0 Å². The van der Waals surface area contributed by atoms with Crippen LogP contribution < -0.4 is 0 Å². The highest BCUT2D eigenvalue weighted by Crippen LogP contribution is 2.10. The molecule has 1 aliphatic heterocycles. The predicted octanol–water partition coefficient (Wildman–Crippen LogP) is -0.956. The fourth-order valence-corrected chi connectivity index (χ4v) is 0.760. The zero-order valence-electron chi connectivity index (χ0n) is 5.83. The smallest absolute Gasteiger partial charge is 0.355 e. The zero-order chi connectivity index (χ0) is 8.43. The molecule has 0 radical (unpaired) electrons. The molecule has 5 nitrogen and oxygen atoms in total. The molecule has 1 heterocycles. The molecule has 0 aromatic heterocycles. The minimum absolute atomic E-state index is 0.334. The predicted molar refractivity (Wildman–Crippen MR) is 31.5 cm³/mol. The average Bonchev–Trinajstić information content (AvgIpc) is 2.28. The van der Waals surface area contributed by atoms with Gasteiger partial charge in [-0.1, -0.05) is 0 Å².